The molecule has 10 heteroatoms. The van der Waals surface area contributed by atoms with Crippen LogP contribution in [0.15, 0.2) is 42.5 Å². The summed E-state index contributed by atoms with van der Waals surface area (Å²) in [5.74, 6) is -2.54. The Hall–Kier alpha value is -3.79. The summed E-state index contributed by atoms with van der Waals surface area (Å²) in [5, 5.41) is 4.40. The van der Waals surface area contributed by atoms with Crippen LogP contribution in [0.25, 0.3) is 0 Å². The van der Waals surface area contributed by atoms with Crippen molar-refractivity contribution < 1.29 is 28.3 Å². The second-order valence-electron chi connectivity index (χ2n) is 9.75. The Morgan fingerprint density at radius 2 is 1.81 bits per heavy atom. The SMILES string of the molecule is C[C@@H]1CN2c3c(F)cc(C(=O)N(C)Cc4ccccc4)cc3CC3(C(=O)NC(=O)NC3=O)[C@H]2[C@H](C)O1. The van der Waals surface area contributed by atoms with Gasteiger partial charge >= 0.3 is 6.03 Å². The topological polar surface area (TPSA) is 108 Å². The van der Waals surface area contributed by atoms with Gasteiger partial charge in [0.1, 0.15) is 5.82 Å². The maximum atomic E-state index is 15.7. The van der Waals surface area contributed by atoms with Gasteiger partial charge < -0.3 is 14.5 Å². The molecule has 5 amide bonds. The third-order valence-electron chi connectivity index (χ3n) is 7.21. The van der Waals surface area contributed by atoms with Crippen molar-refractivity contribution in [3.05, 3.63) is 65.0 Å². The Balaban J connectivity index is 1.58. The number of carbonyl (C=O) groups excluding carboxylic acids is 4. The van der Waals surface area contributed by atoms with Crippen molar-refractivity contribution in [1.29, 1.82) is 0 Å². The van der Waals surface area contributed by atoms with Gasteiger partial charge in [0.25, 0.3) is 5.91 Å². The van der Waals surface area contributed by atoms with Crippen molar-refractivity contribution in [3.8, 4) is 0 Å². The number of morpholine rings is 1. The van der Waals surface area contributed by atoms with E-state index in [1.807, 2.05) is 37.3 Å². The predicted molar refractivity (Wildman–Crippen MR) is 128 cm³/mol. The monoisotopic (exact) mass is 494 g/mol. The highest BCUT2D eigenvalue weighted by molar-refractivity contribution is 6.20. The van der Waals surface area contributed by atoms with Crippen LogP contribution in [0, 0.1) is 11.2 Å². The fourth-order valence-corrected chi connectivity index (χ4v) is 5.81. The van der Waals surface area contributed by atoms with Gasteiger partial charge in [-0.1, -0.05) is 30.3 Å². The quantitative estimate of drug-likeness (QED) is 0.632. The summed E-state index contributed by atoms with van der Waals surface area (Å²) in [6.45, 7) is 4.12. The number of hydrogen-bond donors (Lipinski definition) is 2. The highest BCUT2D eigenvalue weighted by Crippen LogP contribution is 2.47. The van der Waals surface area contributed by atoms with E-state index in [0.717, 1.165) is 5.56 Å². The van der Waals surface area contributed by atoms with Crippen LogP contribution in [0.2, 0.25) is 0 Å². The Morgan fingerprint density at radius 1 is 1.14 bits per heavy atom. The lowest BCUT2D eigenvalue weighted by molar-refractivity contribution is -0.153. The first-order chi connectivity index (χ1) is 17.1. The summed E-state index contributed by atoms with van der Waals surface area (Å²) >= 11 is 0. The molecule has 5 rings (SSSR count). The number of amides is 5. The van der Waals surface area contributed by atoms with Crippen molar-refractivity contribution in [1.82, 2.24) is 15.5 Å². The summed E-state index contributed by atoms with van der Waals surface area (Å²) in [4.78, 5) is 54.8. The van der Waals surface area contributed by atoms with E-state index in [0.29, 0.717) is 12.1 Å². The number of carbonyl (C=O) groups is 4. The molecule has 3 heterocycles. The van der Waals surface area contributed by atoms with Crippen LogP contribution < -0.4 is 15.5 Å². The summed E-state index contributed by atoms with van der Waals surface area (Å²) < 4.78 is 21.7. The summed E-state index contributed by atoms with van der Waals surface area (Å²) in [6, 6.07) is 10.4. The molecule has 3 atom stereocenters. The number of barbiturate groups is 1. The summed E-state index contributed by atoms with van der Waals surface area (Å²) in [6.07, 6.45) is -1.09. The zero-order valence-corrected chi connectivity index (χ0v) is 20.2. The average Bonchev–Trinajstić information content (AvgIpc) is 2.81. The lowest BCUT2D eigenvalue weighted by atomic mass is 9.66. The molecule has 2 N–H and O–H groups in total. The zero-order valence-electron chi connectivity index (χ0n) is 20.2. The van der Waals surface area contributed by atoms with Crippen molar-refractivity contribution in [3.63, 3.8) is 0 Å². The largest absolute Gasteiger partial charge is 0.372 e. The number of urea groups is 1. The van der Waals surface area contributed by atoms with Crippen LogP contribution in [0.1, 0.15) is 35.3 Å². The van der Waals surface area contributed by atoms with Crippen LogP contribution in [-0.2, 0) is 27.3 Å². The second kappa shape index (κ2) is 8.70. The van der Waals surface area contributed by atoms with Gasteiger partial charge in [-0.05, 0) is 37.1 Å². The van der Waals surface area contributed by atoms with E-state index in [1.165, 1.54) is 11.0 Å². The van der Waals surface area contributed by atoms with E-state index in [1.54, 1.807) is 24.9 Å². The molecule has 36 heavy (non-hydrogen) atoms. The smallest absolute Gasteiger partial charge is 0.328 e. The minimum absolute atomic E-state index is 0.111. The summed E-state index contributed by atoms with van der Waals surface area (Å²) in [7, 11) is 1.63. The third kappa shape index (κ3) is 3.72. The van der Waals surface area contributed by atoms with Gasteiger partial charge in [0.05, 0.1) is 23.9 Å². The average molecular weight is 495 g/mol. The molecule has 0 saturated carbocycles. The second-order valence-corrected chi connectivity index (χ2v) is 9.75. The van der Waals surface area contributed by atoms with E-state index < -0.39 is 47.1 Å². The molecule has 0 bridgehead atoms. The first-order valence-corrected chi connectivity index (χ1v) is 11.8. The van der Waals surface area contributed by atoms with Crippen molar-refractivity contribution in [2.24, 2.45) is 5.41 Å². The van der Waals surface area contributed by atoms with Gasteiger partial charge in [-0.25, -0.2) is 9.18 Å². The van der Waals surface area contributed by atoms with Gasteiger partial charge in [0.15, 0.2) is 5.41 Å². The van der Waals surface area contributed by atoms with E-state index in [-0.39, 0.29) is 30.3 Å². The van der Waals surface area contributed by atoms with Gasteiger partial charge in [-0.15, -0.1) is 0 Å². The van der Waals surface area contributed by atoms with Crippen LogP contribution >= 0.6 is 0 Å². The number of rotatable bonds is 3. The van der Waals surface area contributed by atoms with Gasteiger partial charge in [0, 0.05) is 32.1 Å². The van der Waals surface area contributed by atoms with Crippen molar-refractivity contribution in [2.75, 3.05) is 18.5 Å². The Morgan fingerprint density at radius 3 is 2.47 bits per heavy atom. The zero-order chi connectivity index (χ0) is 25.8. The van der Waals surface area contributed by atoms with E-state index in [2.05, 4.69) is 10.6 Å². The van der Waals surface area contributed by atoms with Crippen LogP contribution in [0.4, 0.5) is 14.9 Å². The van der Waals surface area contributed by atoms with E-state index in [4.69, 9.17) is 4.74 Å². The first kappa shape index (κ1) is 23.9. The molecule has 2 fully saturated rings. The van der Waals surface area contributed by atoms with E-state index >= 15 is 4.39 Å². The maximum Gasteiger partial charge on any atom is 0.328 e. The molecule has 0 unspecified atom stereocenters. The minimum Gasteiger partial charge on any atom is -0.372 e. The molecule has 3 aliphatic rings. The highest BCUT2D eigenvalue weighted by Gasteiger charge is 2.63. The Kier molecular flexibility index (Phi) is 5.78. The highest BCUT2D eigenvalue weighted by atomic mass is 19.1. The van der Waals surface area contributed by atoms with Crippen LogP contribution in [-0.4, -0.2) is 60.5 Å². The summed E-state index contributed by atoms with van der Waals surface area (Å²) in [5.41, 5.74) is -0.105. The van der Waals surface area contributed by atoms with Gasteiger partial charge in [-0.3, -0.25) is 25.0 Å². The molecule has 2 aromatic rings. The third-order valence-corrected chi connectivity index (χ3v) is 7.21. The number of nitrogens with zero attached hydrogens (tertiary/aromatic N) is 2. The first-order valence-electron chi connectivity index (χ1n) is 11.8. The molecular formula is C26H27FN4O5. The predicted octanol–water partition coefficient (Wildman–Crippen LogP) is 1.99. The van der Waals surface area contributed by atoms with Crippen molar-refractivity contribution in [2.45, 2.75) is 45.1 Å². The number of ether oxygens (including phenoxy) is 1. The number of halogens is 1. The lowest BCUT2D eigenvalue weighted by Crippen LogP contribution is -2.75. The lowest BCUT2D eigenvalue weighted by Gasteiger charge is -2.55. The Labute approximate surface area is 207 Å². The number of hydrogen-bond acceptors (Lipinski definition) is 6. The molecule has 1 spiro atoms. The molecule has 0 aliphatic carbocycles. The molecule has 0 radical (unpaired) electrons. The molecular weight excluding hydrogens is 467 g/mol. The molecule has 2 aromatic carbocycles. The van der Waals surface area contributed by atoms with Crippen LogP contribution in [0.3, 0.4) is 0 Å². The van der Waals surface area contributed by atoms with Gasteiger partial charge in [-0.2, -0.15) is 0 Å². The number of fused-ring (bicyclic) bond motifs is 4. The molecule has 188 valence electrons. The minimum atomic E-state index is -1.73. The fraction of sp³-hybridized carbons (Fsp3) is 0.385. The Bertz CT molecular complexity index is 1250. The standard InChI is InChI=1S/C26H27FN4O5/c1-14-12-31-20-18(11-26(21(31)15(2)36-14)23(33)28-25(35)29-24(26)34)9-17(10-19(20)27)22(32)30(3)13-16-7-5-4-6-8-16/h4-10,14-15,21H,11-13H2,1-3H3,(H2,28,29,33,34,35)/t14-,15+,21-/m1/s1. The number of anilines is 1. The number of benzene rings is 2. The number of imide groups is 2. The molecule has 9 nitrogen and oxygen atoms in total. The van der Waals surface area contributed by atoms with Gasteiger partial charge in [0.2, 0.25) is 11.8 Å². The normalized spacial score (nSPS) is 24.5. The molecule has 2 saturated heterocycles. The molecule has 3 aliphatic heterocycles. The van der Waals surface area contributed by atoms with Crippen molar-refractivity contribution >= 4 is 29.4 Å². The molecule has 0 aromatic heterocycles. The maximum absolute atomic E-state index is 15.7. The fourth-order valence-electron chi connectivity index (χ4n) is 5.81. The van der Waals surface area contributed by atoms with Crippen LogP contribution in [0.5, 0.6) is 0 Å². The number of nitrogens with one attached hydrogen (secondary N) is 2. The van der Waals surface area contributed by atoms with E-state index in [9.17, 15) is 19.2 Å².